The number of benzene rings is 1. The fraction of sp³-hybridized carbons (Fsp3) is 0.455. The summed E-state index contributed by atoms with van der Waals surface area (Å²) in [5.74, 6) is 0.863. The first-order chi connectivity index (χ1) is 13.3. The van der Waals surface area contributed by atoms with Gasteiger partial charge in [-0.15, -0.1) is 0 Å². The molecule has 1 aromatic carbocycles. The van der Waals surface area contributed by atoms with Crippen molar-refractivity contribution in [1.82, 2.24) is 9.88 Å². The average Bonchev–Trinajstić information content (AvgIpc) is 2.67. The van der Waals surface area contributed by atoms with Gasteiger partial charge in [0.1, 0.15) is 16.3 Å². The van der Waals surface area contributed by atoms with Crippen LogP contribution in [-0.4, -0.2) is 34.7 Å². The number of nitrogens with zero attached hydrogens (tertiary/aromatic N) is 2. The predicted molar refractivity (Wildman–Crippen MR) is 112 cm³/mol. The van der Waals surface area contributed by atoms with Gasteiger partial charge in [-0.3, -0.25) is 0 Å². The first-order valence-electron chi connectivity index (χ1n) is 9.63. The number of aromatic nitrogens is 1. The molecule has 0 radical (unpaired) electrons. The van der Waals surface area contributed by atoms with Gasteiger partial charge in [0.05, 0.1) is 0 Å². The van der Waals surface area contributed by atoms with Crippen molar-refractivity contribution in [3.63, 3.8) is 0 Å². The fourth-order valence-corrected chi connectivity index (χ4v) is 3.77. The summed E-state index contributed by atoms with van der Waals surface area (Å²) in [6.45, 7) is 6.99. The summed E-state index contributed by atoms with van der Waals surface area (Å²) in [6, 6.07) is 13.9. The molecule has 1 aliphatic heterocycles. The van der Waals surface area contributed by atoms with E-state index in [1.807, 2.05) is 51.1 Å². The van der Waals surface area contributed by atoms with Crippen LogP contribution in [0.15, 0.2) is 53.3 Å². The fourth-order valence-electron chi connectivity index (χ4n) is 3.42. The van der Waals surface area contributed by atoms with Crippen molar-refractivity contribution in [3.05, 3.63) is 58.8 Å². The Morgan fingerprint density at radius 3 is 2.64 bits per heavy atom. The van der Waals surface area contributed by atoms with E-state index in [4.69, 9.17) is 9.47 Å². The highest BCUT2D eigenvalue weighted by molar-refractivity contribution is 9.10. The minimum atomic E-state index is -0.500. The van der Waals surface area contributed by atoms with Gasteiger partial charge >= 0.3 is 6.09 Å². The Hall–Kier alpha value is -2.08. The van der Waals surface area contributed by atoms with E-state index in [2.05, 4.69) is 33.0 Å². The predicted octanol–water partition coefficient (Wildman–Crippen LogP) is 5.61. The van der Waals surface area contributed by atoms with Gasteiger partial charge < -0.3 is 14.4 Å². The molecule has 0 N–H and O–H groups in total. The number of halogens is 1. The molecule has 2 atom stereocenters. The standard InChI is InChI=1S/C22H27BrN2O3/c1-22(2,3)28-21(26)25-14-8-11-17(15-25)19(16-9-5-4-6-10-16)27-18-12-7-13-24-20(18)23/h4-7,9-10,12-13,17,19H,8,11,14-15H2,1-3H3. The van der Waals surface area contributed by atoms with Gasteiger partial charge in [-0.2, -0.15) is 0 Å². The molecule has 1 aromatic heterocycles. The Morgan fingerprint density at radius 1 is 1.21 bits per heavy atom. The van der Waals surface area contributed by atoms with Gasteiger partial charge in [0, 0.05) is 25.2 Å². The number of hydrogen-bond donors (Lipinski definition) is 0. The van der Waals surface area contributed by atoms with Crippen molar-refractivity contribution in [3.8, 4) is 5.75 Å². The topological polar surface area (TPSA) is 51.7 Å². The number of ether oxygens (including phenoxy) is 2. The molecule has 28 heavy (non-hydrogen) atoms. The van der Waals surface area contributed by atoms with Crippen LogP contribution in [0.5, 0.6) is 5.75 Å². The maximum atomic E-state index is 12.6. The highest BCUT2D eigenvalue weighted by Gasteiger charge is 2.34. The zero-order chi connectivity index (χ0) is 20.1. The third kappa shape index (κ3) is 5.47. The number of rotatable bonds is 4. The Kier molecular flexibility index (Phi) is 6.60. The number of piperidine rings is 1. The largest absolute Gasteiger partial charge is 0.483 e. The molecular weight excluding hydrogens is 420 g/mol. The lowest BCUT2D eigenvalue weighted by Crippen LogP contribution is -2.44. The summed E-state index contributed by atoms with van der Waals surface area (Å²) < 4.78 is 12.7. The maximum absolute atomic E-state index is 12.6. The van der Waals surface area contributed by atoms with Crippen molar-refractivity contribution in [2.45, 2.75) is 45.3 Å². The molecule has 1 saturated heterocycles. The first kappa shape index (κ1) is 20.6. The zero-order valence-corrected chi connectivity index (χ0v) is 18.2. The lowest BCUT2D eigenvalue weighted by Gasteiger charge is -2.37. The summed E-state index contributed by atoms with van der Waals surface area (Å²) in [5.41, 5.74) is 0.592. The molecule has 6 heteroatoms. The SMILES string of the molecule is CC(C)(C)OC(=O)N1CCCC(C(Oc2cccnc2Br)c2ccccc2)C1. The second kappa shape index (κ2) is 8.95. The van der Waals surface area contributed by atoms with E-state index < -0.39 is 5.60 Å². The number of amides is 1. The summed E-state index contributed by atoms with van der Waals surface area (Å²) in [4.78, 5) is 18.6. The van der Waals surface area contributed by atoms with E-state index in [1.165, 1.54) is 0 Å². The number of likely N-dealkylation sites (tertiary alicyclic amines) is 1. The van der Waals surface area contributed by atoms with E-state index in [9.17, 15) is 4.79 Å². The normalized spacial score (nSPS) is 18.4. The van der Waals surface area contributed by atoms with Gasteiger partial charge in [0.2, 0.25) is 0 Å². The van der Waals surface area contributed by atoms with Gasteiger partial charge in [0.15, 0.2) is 5.75 Å². The van der Waals surface area contributed by atoms with Gasteiger partial charge in [-0.05, 0) is 67.2 Å². The van der Waals surface area contributed by atoms with E-state index in [1.54, 1.807) is 11.1 Å². The molecule has 0 saturated carbocycles. The number of pyridine rings is 1. The van der Waals surface area contributed by atoms with Crippen molar-refractivity contribution in [1.29, 1.82) is 0 Å². The van der Waals surface area contributed by atoms with Gasteiger partial charge in [0.25, 0.3) is 0 Å². The molecule has 0 spiro atoms. The van der Waals surface area contributed by atoms with Crippen LogP contribution in [-0.2, 0) is 4.74 Å². The molecule has 1 fully saturated rings. The Morgan fingerprint density at radius 2 is 1.96 bits per heavy atom. The summed E-state index contributed by atoms with van der Waals surface area (Å²) in [6.07, 6.45) is 3.19. The van der Waals surface area contributed by atoms with Crippen LogP contribution in [0, 0.1) is 5.92 Å². The van der Waals surface area contributed by atoms with E-state index in [0.717, 1.165) is 18.4 Å². The third-order valence-corrected chi connectivity index (χ3v) is 5.24. The second-order valence-corrected chi connectivity index (χ2v) is 8.82. The Labute approximate surface area is 175 Å². The van der Waals surface area contributed by atoms with Crippen LogP contribution in [0.4, 0.5) is 4.79 Å². The van der Waals surface area contributed by atoms with Crippen LogP contribution >= 0.6 is 15.9 Å². The smallest absolute Gasteiger partial charge is 0.410 e. The summed E-state index contributed by atoms with van der Waals surface area (Å²) in [7, 11) is 0. The van der Waals surface area contributed by atoms with E-state index in [0.29, 0.717) is 23.4 Å². The quantitative estimate of drug-likeness (QED) is 0.572. The third-order valence-electron chi connectivity index (χ3n) is 4.64. The number of carbonyl (C=O) groups excluding carboxylic acids is 1. The van der Waals surface area contributed by atoms with Crippen LogP contribution in [0.1, 0.15) is 45.3 Å². The Balaban J connectivity index is 1.81. The van der Waals surface area contributed by atoms with Crippen molar-refractivity contribution < 1.29 is 14.3 Å². The molecule has 1 amide bonds. The van der Waals surface area contributed by atoms with Crippen LogP contribution < -0.4 is 4.74 Å². The molecule has 2 heterocycles. The van der Waals surface area contributed by atoms with Crippen molar-refractivity contribution in [2.75, 3.05) is 13.1 Å². The highest BCUT2D eigenvalue weighted by Crippen LogP contribution is 2.36. The zero-order valence-electron chi connectivity index (χ0n) is 16.6. The summed E-state index contributed by atoms with van der Waals surface area (Å²) in [5, 5.41) is 0. The molecule has 0 bridgehead atoms. The maximum Gasteiger partial charge on any atom is 0.410 e. The highest BCUT2D eigenvalue weighted by atomic mass is 79.9. The molecule has 5 nitrogen and oxygen atoms in total. The van der Waals surface area contributed by atoms with Crippen LogP contribution in [0.2, 0.25) is 0 Å². The molecule has 1 aliphatic rings. The lowest BCUT2D eigenvalue weighted by molar-refractivity contribution is 0.00573. The van der Waals surface area contributed by atoms with E-state index >= 15 is 0 Å². The number of carbonyl (C=O) groups is 1. The lowest BCUT2D eigenvalue weighted by atomic mass is 9.88. The van der Waals surface area contributed by atoms with Crippen LogP contribution in [0.3, 0.4) is 0 Å². The molecule has 0 aliphatic carbocycles. The molecule has 2 aromatic rings. The number of hydrogen-bond acceptors (Lipinski definition) is 4. The van der Waals surface area contributed by atoms with Crippen molar-refractivity contribution >= 4 is 22.0 Å². The molecule has 150 valence electrons. The van der Waals surface area contributed by atoms with Crippen LogP contribution in [0.25, 0.3) is 0 Å². The van der Waals surface area contributed by atoms with E-state index in [-0.39, 0.29) is 18.1 Å². The summed E-state index contributed by atoms with van der Waals surface area (Å²) >= 11 is 3.47. The monoisotopic (exact) mass is 446 g/mol. The minimum absolute atomic E-state index is 0.163. The van der Waals surface area contributed by atoms with Crippen molar-refractivity contribution in [2.24, 2.45) is 5.92 Å². The molecular formula is C22H27BrN2O3. The average molecular weight is 447 g/mol. The molecule has 3 rings (SSSR count). The van der Waals surface area contributed by atoms with Gasteiger partial charge in [-0.1, -0.05) is 30.3 Å². The van der Waals surface area contributed by atoms with Gasteiger partial charge in [-0.25, -0.2) is 9.78 Å². The first-order valence-corrected chi connectivity index (χ1v) is 10.4. The Bertz CT molecular complexity index is 792. The minimum Gasteiger partial charge on any atom is -0.483 e. The molecule has 2 unspecified atom stereocenters. The second-order valence-electron chi connectivity index (χ2n) is 8.07.